The smallest absolute Gasteiger partial charge is 0.333 e. The lowest BCUT2D eigenvalue weighted by atomic mass is 9.97. The molecule has 0 bridgehead atoms. The Hall–Kier alpha value is -3.51. The van der Waals surface area contributed by atoms with Crippen molar-refractivity contribution in [2.24, 2.45) is 0 Å². The van der Waals surface area contributed by atoms with Gasteiger partial charge in [-0.15, -0.1) is 11.3 Å². The van der Waals surface area contributed by atoms with Crippen molar-refractivity contribution >= 4 is 59.0 Å². The Bertz CT molecular complexity index is 1650. The molecule has 2 heterocycles. The Morgan fingerprint density at radius 2 is 1.50 bits per heavy atom. The van der Waals surface area contributed by atoms with Gasteiger partial charge in [-0.3, -0.25) is 14.2 Å². The lowest BCUT2D eigenvalue weighted by Gasteiger charge is -2.14. The van der Waals surface area contributed by atoms with Crippen LogP contribution < -0.4 is 11.1 Å². The van der Waals surface area contributed by atoms with Crippen LogP contribution in [0.15, 0.2) is 70.3 Å². The number of fused-ring (bicyclic) bond motifs is 2. The summed E-state index contributed by atoms with van der Waals surface area (Å²) in [6.07, 6.45) is 3.15. The predicted molar refractivity (Wildman–Crippen MR) is 140 cm³/mol. The number of carbonyl (C=O) groups excluding carboxylic acids is 1. The molecule has 0 radical (unpaired) electrons. The molecule has 172 valence electrons. The number of aromatic nitrogens is 1. The molecule has 0 fully saturated rings. The van der Waals surface area contributed by atoms with Gasteiger partial charge < -0.3 is 4.74 Å². The van der Waals surface area contributed by atoms with E-state index in [2.05, 4.69) is 18.7 Å². The predicted octanol–water partition coefficient (Wildman–Crippen LogP) is 6.00. The second kappa shape index (κ2) is 9.03. The van der Waals surface area contributed by atoms with Crippen molar-refractivity contribution in [3.63, 3.8) is 0 Å². The molecule has 2 aromatic heterocycles. The van der Waals surface area contributed by atoms with Gasteiger partial charge in [0.05, 0.1) is 6.61 Å². The third-order valence-corrected chi connectivity index (χ3v) is 7.46. The van der Waals surface area contributed by atoms with Crippen LogP contribution in [0, 0.1) is 0 Å². The van der Waals surface area contributed by atoms with Gasteiger partial charge in [-0.25, -0.2) is 4.79 Å². The molecule has 0 aliphatic rings. The number of ether oxygens (including phenoxy) is 1. The maximum atomic E-state index is 13.3. The molecule has 0 saturated carbocycles. The standard InChI is InChI=1S/C28H25NO4S/c1-17(2)28(32)33-16-8-4-3-7-15-29-26(30)20-12-11-19-18-9-5-6-10-22(18)34-23-14-13-21(27(29)31)24(20)25(19)23/h5-6,9-14H,1,3-4,7-8,15-16H2,2H3. The highest BCUT2D eigenvalue weighted by atomic mass is 32.1. The van der Waals surface area contributed by atoms with Crippen LogP contribution in [-0.4, -0.2) is 17.1 Å². The summed E-state index contributed by atoms with van der Waals surface area (Å²) >= 11 is 1.68. The topological polar surface area (TPSA) is 65.4 Å². The van der Waals surface area contributed by atoms with E-state index in [0.29, 0.717) is 35.9 Å². The van der Waals surface area contributed by atoms with Crippen molar-refractivity contribution in [3.8, 4) is 0 Å². The quantitative estimate of drug-likeness (QED) is 0.0915. The molecule has 0 atom stereocenters. The number of rotatable bonds is 8. The number of nitrogens with zero attached hydrogens (tertiary/aromatic N) is 1. The first-order chi connectivity index (χ1) is 16.5. The number of esters is 1. The molecule has 6 heteroatoms. The molecule has 34 heavy (non-hydrogen) atoms. The fourth-order valence-corrected chi connectivity index (χ4v) is 5.75. The first-order valence-corrected chi connectivity index (χ1v) is 12.3. The van der Waals surface area contributed by atoms with E-state index in [1.54, 1.807) is 18.3 Å². The largest absolute Gasteiger partial charge is 0.462 e. The maximum absolute atomic E-state index is 13.3. The Morgan fingerprint density at radius 1 is 0.824 bits per heavy atom. The summed E-state index contributed by atoms with van der Waals surface area (Å²) in [4.78, 5) is 38.1. The van der Waals surface area contributed by atoms with E-state index in [-0.39, 0.29) is 17.1 Å². The molecule has 5 nitrogen and oxygen atoms in total. The van der Waals surface area contributed by atoms with Gasteiger partial charge in [-0.1, -0.05) is 37.3 Å². The van der Waals surface area contributed by atoms with Crippen molar-refractivity contribution in [2.45, 2.75) is 39.2 Å². The minimum absolute atomic E-state index is 0.222. The van der Waals surface area contributed by atoms with Gasteiger partial charge in [0.2, 0.25) is 0 Å². The first-order valence-electron chi connectivity index (χ1n) is 11.5. The second-order valence-corrected chi connectivity index (χ2v) is 9.80. The highest BCUT2D eigenvalue weighted by molar-refractivity contribution is 7.25. The zero-order chi connectivity index (χ0) is 23.8. The Morgan fingerprint density at radius 3 is 2.26 bits per heavy atom. The van der Waals surface area contributed by atoms with Gasteiger partial charge in [0, 0.05) is 43.1 Å². The van der Waals surface area contributed by atoms with Gasteiger partial charge in [0.25, 0.3) is 11.1 Å². The summed E-state index contributed by atoms with van der Waals surface area (Å²) in [5.41, 5.74) is -0.0497. The summed E-state index contributed by atoms with van der Waals surface area (Å²) in [7, 11) is 0. The maximum Gasteiger partial charge on any atom is 0.333 e. The van der Waals surface area contributed by atoms with Crippen molar-refractivity contribution in [2.75, 3.05) is 6.61 Å². The van der Waals surface area contributed by atoms with E-state index in [9.17, 15) is 14.4 Å². The Kier molecular flexibility index (Phi) is 5.92. The zero-order valence-corrected chi connectivity index (χ0v) is 19.9. The lowest BCUT2D eigenvalue weighted by Crippen LogP contribution is -2.33. The molecule has 5 rings (SSSR count). The van der Waals surface area contributed by atoms with E-state index >= 15 is 0 Å². The van der Waals surface area contributed by atoms with E-state index in [1.165, 1.54) is 9.27 Å². The molecule has 0 aliphatic carbocycles. The fourth-order valence-electron chi connectivity index (χ4n) is 4.63. The number of carbonyl (C=O) groups is 1. The molecule has 0 unspecified atom stereocenters. The third kappa shape index (κ3) is 3.78. The van der Waals surface area contributed by atoms with Gasteiger partial charge in [-0.05, 0) is 61.2 Å². The normalized spacial score (nSPS) is 11.7. The SMILES string of the molecule is C=C(C)C(=O)OCCCCCCn1c(=O)c2ccc3sc4ccccc4c4ccc(c1=O)c2c34. The van der Waals surface area contributed by atoms with Gasteiger partial charge in [0.1, 0.15) is 0 Å². The van der Waals surface area contributed by atoms with Crippen LogP contribution in [-0.2, 0) is 16.1 Å². The molecule has 0 spiro atoms. The molecule has 5 aromatic rings. The van der Waals surface area contributed by atoms with Gasteiger partial charge in [-0.2, -0.15) is 0 Å². The van der Waals surface area contributed by atoms with Crippen molar-refractivity contribution in [3.05, 3.63) is 81.4 Å². The number of benzene rings is 3. The molecular weight excluding hydrogens is 446 g/mol. The van der Waals surface area contributed by atoms with Gasteiger partial charge in [0.15, 0.2) is 0 Å². The van der Waals surface area contributed by atoms with E-state index < -0.39 is 0 Å². The lowest BCUT2D eigenvalue weighted by molar-refractivity contribution is -0.139. The monoisotopic (exact) mass is 471 g/mol. The summed E-state index contributed by atoms with van der Waals surface area (Å²) < 4.78 is 8.74. The van der Waals surface area contributed by atoms with Gasteiger partial charge >= 0.3 is 5.97 Å². The van der Waals surface area contributed by atoms with Crippen molar-refractivity contribution in [1.29, 1.82) is 0 Å². The average Bonchev–Trinajstić information content (AvgIpc) is 2.84. The van der Waals surface area contributed by atoms with E-state index in [4.69, 9.17) is 4.74 Å². The van der Waals surface area contributed by atoms with Crippen LogP contribution >= 0.6 is 11.3 Å². The van der Waals surface area contributed by atoms with Crippen LogP contribution in [0.4, 0.5) is 0 Å². The summed E-state index contributed by atoms with van der Waals surface area (Å²) in [6, 6.07) is 16.0. The number of hydrogen-bond acceptors (Lipinski definition) is 5. The minimum atomic E-state index is -0.370. The Labute approximate surface area is 200 Å². The average molecular weight is 472 g/mol. The van der Waals surface area contributed by atoms with Crippen LogP contribution in [0.3, 0.4) is 0 Å². The highest BCUT2D eigenvalue weighted by Gasteiger charge is 2.18. The third-order valence-electron chi connectivity index (χ3n) is 6.33. The van der Waals surface area contributed by atoms with Crippen LogP contribution in [0.2, 0.25) is 0 Å². The Balaban J connectivity index is 1.43. The second-order valence-electron chi connectivity index (χ2n) is 8.71. The summed E-state index contributed by atoms with van der Waals surface area (Å²) in [6.45, 7) is 5.92. The molecule has 0 aliphatic heterocycles. The number of unbranched alkanes of at least 4 members (excludes halogenated alkanes) is 3. The molecule has 0 saturated heterocycles. The molecule has 0 amide bonds. The minimum Gasteiger partial charge on any atom is -0.462 e. The molecule has 3 aromatic carbocycles. The first kappa shape index (κ1) is 22.3. The molecule has 0 N–H and O–H groups in total. The van der Waals surface area contributed by atoms with E-state index in [0.717, 1.165) is 45.5 Å². The number of pyridine rings is 1. The summed E-state index contributed by atoms with van der Waals surface area (Å²) in [5.74, 6) is -0.370. The van der Waals surface area contributed by atoms with Crippen LogP contribution in [0.25, 0.3) is 41.7 Å². The van der Waals surface area contributed by atoms with Crippen LogP contribution in [0.1, 0.15) is 32.6 Å². The van der Waals surface area contributed by atoms with Crippen LogP contribution in [0.5, 0.6) is 0 Å². The summed E-state index contributed by atoms with van der Waals surface area (Å²) in [5, 5.41) is 5.20. The van der Waals surface area contributed by atoms with E-state index in [1.807, 2.05) is 36.4 Å². The molecular formula is C28H25NO4S. The van der Waals surface area contributed by atoms with Crippen molar-refractivity contribution < 1.29 is 9.53 Å². The number of hydrogen-bond donors (Lipinski definition) is 0. The fraction of sp³-hybridized carbons (Fsp3) is 0.250. The zero-order valence-electron chi connectivity index (χ0n) is 19.1. The highest BCUT2D eigenvalue weighted by Crippen LogP contribution is 2.39. The van der Waals surface area contributed by atoms with Crippen molar-refractivity contribution in [1.82, 2.24) is 4.57 Å².